The van der Waals surface area contributed by atoms with Crippen LogP contribution in [-0.4, -0.2) is 34.4 Å². The molecule has 0 saturated carbocycles. The Bertz CT molecular complexity index is 1150. The number of rotatable bonds is 10. The van der Waals surface area contributed by atoms with Crippen molar-refractivity contribution >= 4 is 32.7 Å². The molecule has 0 bridgehead atoms. The van der Waals surface area contributed by atoms with Gasteiger partial charge < -0.3 is 5.32 Å². The van der Waals surface area contributed by atoms with Crippen molar-refractivity contribution in [3.63, 3.8) is 0 Å². The van der Waals surface area contributed by atoms with Gasteiger partial charge in [-0.3, -0.25) is 10.2 Å². The first-order valence-electron chi connectivity index (χ1n) is 10.5. The molecule has 2 amide bonds. The van der Waals surface area contributed by atoms with Crippen LogP contribution in [0.3, 0.4) is 0 Å². The van der Waals surface area contributed by atoms with E-state index in [1.54, 1.807) is 36.4 Å². The van der Waals surface area contributed by atoms with Gasteiger partial charge in [0.05, 0.1) is 0 Å². The first-order valence-corrected chi connectivity index (χ1v) is 13.2. The minimum Gasteiger partial charge on any atom is -0.355 e. The average molecular weight is 628 g/mol. The van der Waals surface area contributed by atoms with Gasteiger partial charge in [0.25, 0.3) is 0 Å². The summed E-state index contributed by atoms with van der Waals surface area (Å²) in [5, 5.41) is 17.6. The summed E-state index contributed by atoms with van der Waals surface area (Å²) in [6.45, 7) is 1.05. The number of nitrogens with one attached hydrogen (secondary N) is 4. The number of amides is 2. The summed E-state index contributed by atoms with van der Waals surface area (Å²) < 4.78 is 0.104. The van der Waals surface area contributed by atoms with Gasteiger partial charge in [-0.15, -0.1) is 0 Å². The second-order valence-electron chi connectivity index (χ2n) is 7.32. The van der Waals surface area contributed by atoms with Gasteiger partial charge in [-0.25, -0.2) is 0 Å². The summed E-state index contributed by atoms with van der Waals surface area (Å²) >= 11 is 0.0808. The van der Waals surface area contributed by atoms with E-state index in [1.165, 1.54) is 0 Å². The smallest absolute Gasteiger partial charge is 0.150 e. The Kier molecular flexibility index (Phi) is 8.89. The molecule has 0 aliphatic heterocycles. The van der Waals surface area contributed by atoms with Crippen LogP contribution in [0, 0.1) is 5.41 Å². The first kappa shape index (κ1) is 24.3. The molecule has 0 saturated heterocycles. The molecule has 8 heteroatoms. The molecule has 3 aromatic rings. The molecule has 0 fully saturated rings. The van der Waals surface area contributed by atoms with Gasteiger partial charge in [-0.2, -0.15) is 0 Å². The molecular weight excluding hydrogens is 605 g/mol. The Morgan fingerprint density at radius 2 is 1.48 bits per heavy atom. The maximum Gasteiger partial charge on any atom is 0.150 e. The zero-order chi connectivity index (χ0) is 23.6. The van der Waals surface area contributed by atoms with E-state index in [-0.39, 0.29) is 35.4 Å². The number of hydrogen-bond acceptors (Lipinski definition) is 5. The molecule has 3 rings (SSSR count). The van der Waals surface area contributed by atoms with Gasteiger partial charge in [0.15, 0.2) is 0 Å². The fourth-order valence-electron chi connectivity index (χ4n) is 3.17. The third kappa shape index (κ3) is 7.08. The molecule has 0 heterocycles. The van der Waals surface area contributed by atoms with Crippen molar-refractivity contribution in [2.45, 2.75) is 6.42 Å². The van der Waals surface area contributed by atoms with Crippen LogP contribution in [0.1, 0.15) is 38.3 Å². The Balaban J connectivity index is 1.65. The maximum atomic E-state index is 12.3. The Morgan fingerprint density at radius 3 is 2.15 bits per heavy atom. The summed E-state index contributed by atoms with van der Waals surface area (Å²) in [6, 6.07) is 21.5. The van der Waals surface area contributed by atoms with E-state index in [4.69, 9.17) is 5.41 Å². The standard InChI is InChI=1S/C25H23N4O3.Hg/c26-24(19-8-10-20(11-9-19)25(32)28-15-3-14-27-17-31)22-4-1-2-5-23(22)29-21-12-6-18(16-30)7-13-21;/h1-2,4-13,16,26,29H,3,14-15H2,(H,27,31)(H,28,32);. The molecule has 3 aromatic carbocycles. The van der Waals surface area contributed by atoms with Crippen LogP contribution in [0.2, 0.25) is 0 Å². The van der Waals surface area contributed by atoms with E-state index in [1.807, 2.05) is 36.4 Å². The number of carbonyl (C=O) groups excluding carboxylic acids is 3. The van der Waals surface area contributed by atoms with Crippen LogP contribution in [0.5, 0.6) is 0 Å². The van der Waals surface area contributed by atoms with Crippen LogP contribution in [0.4, 0.5) is 16.2 Å². The zero-order valence-electron chi connectivity index (χ0n) is 18.1. The van der Waals surface area contributed by atoms with Crippen molar-refractivity contribution in [3.05, 3.63) is 95.1 Å². The molecule has 0 spiro atoms. The molecule has 163 valence electrons. The summed E-state index contributed by atoms with van der Waals surface area (Å²) in [7, 11) is 0. The van der Waals surface area contributed by atoms with Crippen LogP contribution < -0.4 is 16.0 Å². The van der Waals surface area contributed by atoms with Gasteiger partial charge >= 0.3 is 116 Å². The van der Waals surface area contributed by atoms with E-state index in [0.717, 1.165) is 23.2 Å². The second kappa shape index (κ2) is 12.1. The van der Waals surface area contributed by atoms with E-state index in [9.17, 15) is 14.4 Å². The van der Waals surface area contributed by atoms with Crippen LogP contribution in [0.25, 0.3) is 0 Å². The number of hydrogen-bond donors (Lipinski definition) is 4. The van der Waals surface area contributed by atoms with Crippen LogP contribution in [-0.2, 0) is 26.1 Å². The van der Waals surface area contributed by atoms with Crippen molar-refractivity contribution in [2.24, 2.45) is 0 Å². The third-order valence-electron chi connectivity index (χ3n) is 4.92. The van der Waals surface area contributed by atoms with Gasteiger partial charge in [0.2, 0.25) is 0 Å². The largest absolute Gasteiger partial charge is 0.355 e. The molecule has 7 nitrogen and oxygen atoms in total. The third-order valence-corrected chi connectivity index (χ3v) is 5.89. The normalized spacial score (nSPS) is 10.2. The van der Waals surface area contributed by atoms with Crippen molar-refractivity contribution in [2.75, 3.05) is 18.4 Å². The maximum absolute atomic E-state index is 12.3. The van der Waals surface area contributed by atoms with E-state index < -0.39 is 0 Å². The number of benzene rings is 3. The molecule has 0 radical (unpaired) electrons. The molecule has 0 aromatic heterocycles. The fraction of sp³-hybridized carbons (Fsp3) is 0.120. The molecular formula is C25H23HgN4O3. The Hall–Kier alpha value is -3.32. The quantitative estimate of drug-likeness (QED) is 0.118. The van der Waals surface area contributed by atoms with Gasteiger partial charge in [0.1, 0.15) is 6.29 Å². The average Bonchev–Trinajstić information content (AvgIpc) is 2.84. The summed E-state index contributed by atoms with van der Waals surface area (Å²) in [5.74, 6) is -0.185. The number of para-hydroxylation sites is 1. The van der Waals surface area contributed by atoms with Crippen molar-refractivity contribution in [3.8, 4) is 0 Å². The van der Waals surface area contributed by atoms with Crippen LogP contribution in [0.15, 0.2) is 72.8 Å². The molecule has 0 aliphatic rings. The van der Waals surface area contributed by atoms with Crippen LogP contribution >= 0.6 is 0 Å². The molecule has 0 atom stereocenters. The number of carbonyl (C=O) groups is 3. The number of aldehydes is 1. The van der Waals surface area contributed by atoms with Crippen molar-refractivity contribution in [1.82, 2.24) is 10.6 Å². The monoisotopic (exact) mass is 629 g/mol. The number of anilines is 2. The van der Waals surface area contributed by atoms with E-state index in [2.05, 4.69) is 16.0 Å². The van der Waals surface area contributed by atoms with Gasteiger partial charge in [-0.1, -0.05) is 18.2 Å². The Morgan fingerprint density at radius 1 is 0.848 bits per heavy atom. The SMILES string of the molecule is N=C(c1ccc(C(=O)NCCCN[C](=O)[Hg])cc1)c1ccccc1Nc1ccc(C=O)cc1. The fourth-order valence-corrected chi connectivity index (χ4v) is 3.86. The molecule has 4 N–H and O–H groups in total. The summed E-state index contributed by atoms with van der Waals surface area (Å²) in [4.78, 5) is 34.1. The molecule has 0 unspecified atom stereocenters. The van der Waals surface area contributed by atoms with Crippen molar-refractivity contribution < 1.29 is 40.5 Å². The van der Waals surface area contributed by atoms with Gasteiger partial charge in [-0.05, 0) is 30.3 Å². The van der Waals surface area contributed by atoms with E-state index in [0.29, 0.717) is 41.9 Å². The second-order valence-corrected chi connectivity index (χ2v) is 9.82. The molecule has 0 aliphatic carbocycles. The summed E-state index contributed by atoms with van der Waals surface area (Å²) in [6.07, 6.45) is 1.48. The Labute approximate surface area is 208 Å². The minimum absolute atomic E-state index is 0.0808. The van der Waals surface area contributed by atoms with E-state index >= 15 is 0 Å². The minimum atomic E-state index is -0.185. The first-order chi connectivity index (χ1) is 16.0. The van der Waals surface area contributed by atoms with Gasteiger partial charge in [0, 0.05) is 22.5 Å². The summed E-state index contributed by atoms with van der Waals surface area (Å²) in [5.41, 5.74) is 4.43. The van der Waals surface area contributed by atoms with Crippen molar-refractivity contribution in [1.29, 1.82) is 5.41 Å². The zero-order valence-corrected chi connectivity index (χ0v) is 23.6. The topological polar surface area (TPSA) is 111 Å². The predicted octanol–water partition coefficient (Wildman–Crippen LogP) is 4.04. The predicted molar refractivity (Wildman–Crippen MR) is 124 cm³/mol. The molecule has 33 heavy (non-hydrogen) atoms.